The molecule has 2 rings (SSSR count). The van der Waals surface area contributed by atoms with E-state index in [4.69, 9.17) is 15.2 Å². The molecule has 0 spiro atoms. The summed E-state index contributed by atoms with van der Waals surface area (Å²) in [6.07, 6.45) is 0. The molecule has 5 heteroatoms. The number of esters is 1. The lowest BCUT2D eigenvalue weighted by atomic mass is 10.2. The molecule has 0 aliphatic rings. The van der Waals surface area contributed by atoms with Crippen molar-refractivity contribution in [2.24, 2.45) is 0 Å². The maximum absolute atomic E-state index is 11.9. The number of benzene rings is 2. The Labute approximate surface area is 122 Å². The summed E-state index contributed by atoms with van der Waals surface area (Å²) in [5, 5.41) is 9.34. The average Bonchev–Trinajstić information content (AvgIpc) is 2.47. The molecule has 2 aromatic rings. The minimum absolute atomic E-state index is 0.0837. The Morgan fingerprint density at radius 3 is 2.71 bits per heavy atom. The number of phenols is 1. The molecule has 0 aliphatic carbocycles. The molecule has 0 amide bonds. The van der Waals surface area contributed by atoms with Gasteiger partial charge in [0.15, 0.2) is 0 Å². The van der Waals surface area contributed by atoms with E-state index in [1.54, 1.807) is 36.4 Å². The number of rotatable bonds is 5. The molecule has 21 heavy (non-hydrogen) atoms. The van der Waals surface area contributed by atoms with Gasteiger partial charge in [0, 0.05) is 0 Å². The molecule has 5 nitrogen and oxygen atoms in total. The highest BCUT2D eigenvalue weighted by Gasteiger charge is 2.10. The van der Waals surface area contributed by atoms with Gasteiger partial charge in [0.25, 0.3) is 0 Å². The molecule has 0 fully saturated rings. The first-order valence-corrected chi connectivity index (χ1v) is 6.57. The summed E-state index contributed by atoms with van der Waals surface area (Å²) in [6.45, 7) is 2.45. The molecule has 0 unspecified atom stereocenters. The molecule has 0 bridgehead atoms. The van der Waals surface area contributed by atoms with Gasteiger partial charge in [0.2, 0.25) is 0 Å². The minimum atomic E-state index is -0.479. The van der Waals surface area contributed by atoms with Crippen molar-refractivity contribution in [2.45, 2.75) is 13.5 Å². The molecule has 3 N–H and O–H groups in total. The Morgan fingerprint density at radius 2 is 2.05 bits per heavy atom. The number of carbonyl (C=O) groups excluding carboxylic acids is 1. The van der Waals surface area contributed by atoms with Crippen LogP contribution >= 0.6 is 0 Å². The highest BCUT2D eigenvalue weighted by Crippen LogP contribution is 2.23. The van der Waals surface area contributed by atoms with Gasteiger partial charge in [0.05, 0.1) is 17.9 Å². The third kappa shape index (κ3) is 3.89. The number of phenolic OH excluding ortho intramolecular Hbond substituents is 1. The molecule has 0 atom stereocenters. The fourth-order valence-electron chi connectivity index (χ4n) is 1.84. The van der Waals surface area contributed by atoms with Crippen molar-refractivity contribution in [1.29, 1.82) is 0 Å². The van der Waals surface area contributed by atoms with E-state index in [0.29, 0.717) is 29.2 Å². The maximum Gasteiger partial charge on any atom is 0.338 e. The zero-order chi connectivity index (χ0) is 15.2. The number of hydrogen-bond donors (Lipinski definition) is 2. The van der Waals surface area contributed by atoms with E-state index in [2.05, 4.69) is 0 Å². The fraction of sp³-hybridized carbons (Fsp3) is 0.188. The van der Waals surface area contributed by atoms with E-state index in [9.17, 15) is 9.90 Å². The second-order valence-corrected chi connectivity index (χ2v) is 4.43. The Morgan fingerprint density at radius 1 is 1.24 bits per heavy atom. The monoisotopic (exact) mass is 287 g/mol. The second kappa shape index (κ2) is 6.65. The molecule has 0 saturated heterocycles. The van der Waals surface area contributed by atoms with Gasteiger partial charge in [-0.25, -0.2) is 4.79 Å². The largest absolute Gasteiger partial charge is 0.508 e. The lowest BCUT2D eigenvalue weighted by molar-refractivity contribution is 0.0472. The first-order chi connectivity index (χ1) is 10.1. The standard InChI is InChI=1S/C16H17NO4/c1-2-20-15-7-6-12(9-14(15)17)16(19)21-10-11-4-3-5-13(18)8-11/h3-9,18H,2,10,17H2,1H3. The van der Waals surface area contributed by atoms with E-state index in [1.807, 2.05) is 6.92 Å². The molecule has 2 aromatic carbocycles. The van der Waals surface area contributed by atoms with Crippen LogP contribution in [0.4, 0.5) is 5.69 Å². The number of carbonyl (C=O) groups is 1. The predicted molar refractivity (Wildman–Crippen MR) is 79.2 cm³/mol. The van der Waals surface area contributed by atoms with E-state index in [-0.39, 0.29) is 12.4 Å². The third-order valence-electron chi connectivity index (χ3n) is 2.83. The quantitative estimate of drug-likeness (QED) is 0.652. The van der Waals surface area contributed by atoms with Crippen LogP contribution in [0.2, 0.25) is 0 Å². The maximum atomic E-state index is 11.9. The van der Waals surface area contributed by atoms with Gasteiger partial charge in [-0.15, -0.1) is 0 Å². The van der Waals surface area contributed by atoms with Crippen molar-refractivity contribution < 1.29 is 19.4 Å². The number of anilines is 1. The van der Waals surface area contributed by atoms with Crippen LogP contribution in [-0.2, 0) is 11.3 Å². The summed E-state index contributed by atoms with van der Waals surface area (Å²) >= 11 is 0. The smallest absolute Gasteiger partial charge is 0.338 e. The van der Waals surface area contributed by atoms with Crippen molar-refractivity contribution in [3.8, 4) is 11.5 Å². The Bertz CT molecular complexity index is 640. The zero-order valence-corrected chi connectivity index (χ0v) is 11.7. The molecule has 0 radical (unpaired) electrons. The summed E-state index contributed by atoms with van der Waals surface area (Å²) in [7, 11) is 0. The number of aromatic hydroxyl groups is 1. The van der Waals surface area contributed by atoms with Gasteiger partial charge in [0.1, 0.15) is 18.1 Å². The molecular weight excluding hydrogens is 270 g/mol. The van der Waals surface area contributed by atoms with Gasteiger partial charge in [-0.3, -0.25) is 0 Å². The van der Waals surface area contributed by atoms with Crippen LogP contribution in [0.15, 0.2) is 42.5 Å². The van der Waals surface area contributed by atoms with Crippen molar-refractivity contribution in [3.63, 3.8) is 0 Å². The van der Waals surface area contributed by atoms with Gasteiger partial charge in [-0.05, 0) is 42.8 Å². The Kier molecular flexibility index (Phi) is 4.66. The topological polar surface area (TPSA) is 81.8 Å². The number of nitrogens with two attached hydrogens (primary N) is 1. The average molecular weight is 287 g/mol. The van der Waals surface area contributed by atoms with Crippen LogP contribution < -0.4 is 10.5 Å². The lowest BCUT2D eigenvalue weighted by Crippen LogP contribution is -2.06. The summed E-state index contributed by atoms with van der Waals surface area (Å²) in [5.74, 6) is 0.198. The zero-order valence-electron chi connectivity index (χ0n) is 11.7. The molecular formula is C16H17NO4. The van der Waals surface area contributed by atoms with Crippen molar-refractivity contribution in [2.75, 3.05) is 12.3 Å². The summed E-state index contributed by atoms with van der Waals surface area (Å²) in [5.41, 5.74) is 7.27. The van der Waals surface area contributed by atoms with Gasteiger partial charge in [-0.2, -0.15) is 0 Å². The van der Waals surface area contributed by atoms with E-state index >= 15 is 0 Å². The highest BCUT2D eigenvalue weighted by atomic mass is 16.5. The number of nitrogen functional groups attached to an aromatic ring is 1. The number of ether oxygens (including phenoxy) is 2. The summed E-state index contributed by atoms with van der Waals surface area (Å²) in [4.78, 5) is 11.9. The highest BCUT2D eigenvalue weighted by molar-refractivity contribution is 5.91. The van der Waals surface area contributed by atoms with E-state index in [1.165, 1.54) is 6.07 Å². The van der Waals surface area contributed by atoms with Crippen LogP contribution in [0.25, 0.3) is 0 Å². The fourth-order valence-corrected chi connectivity index (χ4v) is 1.84. The molecule has 0 aromatic heterocycles. The van der Waals surface area contributed by atoms with Crippen LogP contribution in [0.3, 0.4) is 0 Å². The van der Waals surface area contributed by atoms with E-state index in [0.717, 1.165) is 0 Å². The van der Waals surface area contributed by atoms with Crippen molar-refractivity contribution in [3.05, 3.63) is 53.6 Å². The predicted octanol–water partition coefficient (Wildman–Crippen LogP) is 2.73. The molecule has 0 heterocycles. The Hall–Kier alpha value is -2.69. The first-order valence-electron chi connectivity index (χ1n) is 6.57. The molecule has 0 aliphatic heterocycles. The lowest BCUT2D eigenvalue weighted by Gasteiger charge is -2.09. The van der Waals surface area contributed by atoms with Gasteiger partial charge < -0.3 is 20.3 Å². The van der Waals surface area contributed by atoms with Gasteiger partial charge in [-0.1, -0.05) is 12.1 Å². The Balaban J connectivity index is 2.02. The third-order valence-corrected chi connectivity index (χ3v) is 2.83. The molecule has 0 saturated carbocycles. The normalized spacial score (nSPS) is 10.1. The van der Waals surface area contributed by atoms with Crippen LogP contribution in [0, 0.1) is 0 Å². The number of hydrogen-bond acceptors (Lipinski definition) is 5. The second-order valence-electron chi connectivity index (χ2n) is 4.43. The van der Waals surface area contributed by atoms with Crippen LogP contribution in [0.1, 0.15) is 22.8 Å². The van der Waals surface area contributed by atoms with Crippen LogP contribution in [-0.4, -0.2) is 17.7 Å². The van der Waals surface area contributed by atoms with Gasteiger partial charge >= 0.3 is 5.97 Å². The van der Waals surface area contributed by atoms with Crippen LogP contribution in [0.5, 0.6) is 11.5 Å². The van der Waals surface area contributed by atoms with Crippen molar-refractivity contribution in [1.82, 2.24) is 0 Å². The van der Waals surface area contributed by atoms with Crippen molar-refractivity contribution >= 4 is 11.7 Å². The minimum Gasteiger partial charge on any atom is -0.508 e. The summed E-state index contributed by atoms with van der Waals surface area (Å²) < 4.78 is 10.5. The SMILES string of the molecule is CCOc1ccc(C(=O)OCc2cccc(O)c2)cc1N. The summed E-state index contributed by atoms with van der Waals surface area (Å²) in [6, 6.07) is 11.3. The molecule has 110 valence electrons. The first kappa shape index (κ1) is 14.7. The van der Waals surface area contributed by atoms with E-state index < -0.39 is 5.97 Å².